The van der Waals surface area contributed by atoms with Crippen molar-refractivity contribution in [3.63, 3.8) is 0 Å². The average Bonchev–Trinajstić information content (AvgIpc) is 2.61. The lowest BCUT2D eigenvalue weighted by Crippen LogP contribution is -2.16. The Kier molecular flexibility index (Phi) is 3.17. The van der Waals surface area contributed by atoms with Crippen LogP contribution in [0.4, 0.5) is 4.39 Å². The third-order valence-corrected chi connectivity index (χ3v) is 2.95. The van der Waals surface area contributed by atoms with E-state index in [1.54, 1.807) is 16.8 Å². The molecule has 17 heavy (non-hydrogen) atoms. The summed E-state index contributed by atoms with van der Waals surface area (Å²) < 4.78 is 14.8. The molecule has 2 aromatic rings. The smallest absolute Gasteiger partial charge is 0.141 e. The molecule has 0 aliphatic carbocycles. The third-order valence-electron chi connectivity index (χ3n) is 2.66. The minimum absolute atomic E-state index is 0.0804. The number of benzene rings is 1. The monoisotopic (exact) mass is 253 g/mol. The number of halogens is 2. The molecule has 2 rings (SSSR count). The number of hydrogen-bond acceptors (Lipinski definition) is 2. The van der Waals surface area contributed by atoms with Crippen LogP contribution in [0, 0.1) is 12.7 Å². The van der Waals surface area contributed by atoms with E-state index < -0.39 is 5.82 Å². The molecule has 0 saturated carbocycles. The van der Waals surface area contributed by atoms with Crippen molar-refractivity contribution < 1.29 is 4.39 Å². The molecule has 0 bridgehead atoms. The molecule has 5 heteroatoms. The molecular weight excluding hydrogens is 241 g/mol. The van der Waals surface area contributed by atoms with Crippen molar-refractivity contribution in [2.45, 2.75) is 13.0 Å². The van der Waals surface area contributed by atoms with Gasteiger partial charge in [0.2, 0.25) is 0 Å². The van der Waals surface area contributed by atoms with Gasteiger partial charge in [-0.3, -0.25) is 4.68 Å². The second kappa shape index (κ2) is 4.47. The largest absolute Gasteiger partial charge is 0.319 e. The number of aromatic nitrogens is 2. The first-order chi connectivity index (χ1) is 7.99. The van der Waals surface area contributed by atoms with Crippen molar-refractivity contribution in [3.05, 3.63) is 52.1 Å². The molecule has 1 atom stereocenters. The maximum absolute atomic E-state index is 13.1. The Balaban J connectivity index is 2.40. The van der Waals surface area contributed by atoms with Crippen LogP contribution < -0.4 is 5.73 Å². The van der Waals surface area contributed by atoms with E-state index in [2.05, 4.69) is 5.10 Å². The summed E-state index contributed by atoms with van der Waals surface area (Å²) in [5, 5.41) is 4.31. The van der Waals surface area contributed by atoms with E-state index in [0.29, 0.717) is 0 Å². The van der Waals surface area contributed by atoms with Gasteiger partial charge in [0.05, 0.1) is 22.5 Å². The van der Waals surface area contributed by atoms with E-state index in [4.69, 9.17) is 17.3 Å². The average molecular weight is 254 g/mol. The Morgan fingerprint density at radius 1 is 1.41 bits per heavy atom. The minimum atomic E-state index is -0.441. The molecule has 1 aromatic heterocycles. The molecule has 0 radical (unpaired) electrons. The summed E-state index contributed by atoms with van der Waals surface area (Å²) in [5.41, 5.74) is 8.63. The van der Waals surface area contributed by atoms with Crippen LogP contribution in [0.5, 0.6) is 0 Å². The third kappa shape index (κ3) is 2.33. The van der Waals surface area contributed by atoms with Crippen molar-refractivity contribution in [3.8, 4) is 0 Å². The van der Waals surface area contributed by atoms with Gasteiger partial charge in [-0.1, -0.05) is 17.7 Å². The van der Waals surface area contributed by atoms with Gasteiger partial charge in [0, 0.05) is 7.05 Å². The van der Waals surface area contributed by atoms with Crippen molar-refractivity contribution in [2.24, 2.45) is 12.8 Å². The lowest BCUT2D eigenvalue weighted by Gasteiger charge is -2.12. The van der Waals surface area contributed by atoms with Crippen LogP contribution in [0.15, 0.2) is 24.3 Å². The zero-order valence-electron chi connectivity index (χ0n) is 9.61. The summed E-state index contributed by atoms with van der Waals surface area (Å²) >= 11 is 5.74. The normalized spacial score (nSPS) is 12.8. The Hall–Kier alpha value is -1.39. The van der Waals surface area contributed by atoms with Gasteiger partial charge in [-0.2, -0.15) is 5.10 Å². The number of rotatable bonds is 2. The molecule has 90 valence electrons. The maximum atomic E-state index is 13.1. The summed E-state index contributed by atoms with van der Waals surface area (Å²) in [7, 11) is 1.83. The Bertz CT molecular complexity index is 551. The van der Waals surface area contributed by atoms with Gasteiger partial charge >= 0.3 is 0 Å². The maximum Gasteiger partial charge on any atom is 0.141 e. The van der Waals surface area contributed by atoms with E-state index in [0.717, 1.165) is 17.0 Å². The molecule has 0 spiro atoms. The topological polar surface area (TPSA) is 43.8 Å². The second-order valence-electron chi connectivity index (χ2n) is 3.99. The van der Waals surface area contributed by atoms with Crippen LogP contribution in [0.1, 0.15) is 23.0 Å². The van der Waals surface area contributed by atoms with E-state index in [1.807, 2.05) is 20.0 Å². The number of hydrogen-bond donors (Lipinski definition) is 1. The molecule has 1 heterocycles. The highest BCUT2D eigenvalue weighted by atomic mass is 35.5. The molecule has 0 saturated heterocycles. The van der Waals surface area contributed by atoms with Crippen LogP contribution in [0.3, 0.4) is 0 Å². The van der Waals surface area contributed by atoms with Crippen LogP contribution in [-0.2, 0) is 7.05 Å². The van der Waals surface area contributed by atoms with E-state index in [1.165, 1.54) is 6.07 Å². The van der Waals surface area contributed by atoms with Crippen LogP contribution in [0.25, 0.3) is 0 Å². The van der Waals surface area contributed by atoms with Crippen LogP contribution in [-0.4, -0.2) is 9.78 Å². The van der Waals surface area contributed by atoms with Gasteiger partial charge in [-0.25, -0.2) is 4.39 Å². The Morgan fingerprint density at radius 2 is 2.12 bits per heavy atom. The molecule has 1 unspecified atom stereocenters. The number of aryl methyl sites for hydroxylation is 2. The predicted molar refractivity (Wildman–Crippen MR) is 65.4 cm³/mol. The van der Waals surface area contributed by atoms with Gasteiger partial charge in [0.15, 0.2) is 0 Å². The van der Waals surface area contributed by atoms with Gasteiger partial charge in [-0.05, 0) is 30.7 Å². The molecule has 0 amide bonds. The van der Waals surface area contributed by atoms with E-state index in [9.17, 15) is 4.39 Å². The van der Waals surface area contributed by atoms with Gasteiger partial charge < -0.3 is 5.73 Å². The highest BCUT2D eigenvalue weighted by molar-refractivity contribution is 6.30. The Morgan fingerprint density at radius 3 is 2.65 bits per heavy atom. The Labute approximate surface area is 104 Å². The standard InChI is InChI=1S/C12H13ClFN3/c1-7-5-11(17(2)16-7)12(15)8-3-4-10(14)9(13)6-8/h3-6,12H,15H2,1-2H3. The lowest BCUT2D eigenvalue weighted by molar-refractivity contribution is 0.625. The van der Waals surface area contributed by atoms with Crippen molar-refractivity contribution in [2.75, 3.05) is 0 Å². The fourth-order valence-corrected chi connectivity index (χ4v) is 1.99. The van der Waals surface area contributed by atoms with Crippen molar-refractivity contribution >= 4 is 11.6 Å². The van der Waals surface area contributed by atoms with Crippen LogP contribution in [0.2, 0.25) is 5.02 Å². The highest BCUT2D eigenvalue weighted by Gasteiger charge is 2.15. The molecule has 3 nitrogen and oxygen atoms in total. The summed E-state index contributed by atoms with van der Waals surface area (Å²) in [5.74, 6) is -0.441. The zero-order valence-corrected chi connectivity index (χ0v) is 10.4. The fraction of sp³-hybridized carbons (Fsp3) is 0.250. The fourth-order valence-electron chi connectivity index (χ4n) is 1.80. The predicted octanol–water partition coefficient (Wildman–Crippen LogP) is 2.57. The zero-order chi connectivity index (χ0) is 12.6. The SMILES string of the molecule is Cc1cc(C(N)c2ccc(F)c(Cl)c2)n(C)n1. The van der Waals surface area contributed by atoms with Crippen LogP contribution >= 0.6 is 11.6 Å². The first-order valence-electron chi connectivity index (χ1n) is 5.20. The highest BCUT2D eigenvalue weighted by Crippen LogP contribution is 2.24. The summed E-state index contributed by atoms with van der Waals surface area (Å²) in [6, 6.07) is 6.04. The second-order valence-corrected chi connectivity index (χ2v) is 4.39. The summed E-state index contributed by atoms with van der Waals surface area (Å²) in [6.45, 7) is 1.90. The van der Waals surface area contributed by atoms with E-state index in [-0.39, 0.29) is 11.1 Å². The minimum Gasteiger partial charge on any atom is -0.319 e. The molecule has 0 aliphatic rings. The molecule has 0 aliphatic heterocycles. The van der Waals surface area contributed by atoms with Gasteiger partial charge in [-0.15, -0.1) is 0 Å². The molecule has 0 fully saturated rings. The van der Waals surface area contributed by atoms with Gasteiger partial charge in [0.25, 0.3) is 0 Å². The first kappa shape index (κ1) is 12.1. The quantitative estimate of drug-likeness (QED) is 0.894. The van der Waals surface area contributed by atoms with Gasteiger partial charge in [0.1, 0.15) is 5.82 Å². The summed E-state index contributed by atoms with van der Waals surface area (Å²) in [4.78, 5) is 0. The van der Waals surface area contributed by atoms with Crippen molar-refractivity contribution in [1.29, 1.82) is 0 Å². The van der Waals surface area contributed by atoms with E-state index >= 15 is 0 Å². The lowest BCUT2D eigenvalue weighted by atomic mass is 10.0. The first-order valence-corrected chi connectivity index (χ1v) is 5.58. The molecule has 1 aromatic carbocycles. The number of nitrogens with zero attached hydrogens (tertiary/aromatic N) is 2. The number of nitrogens with two attached hydrogens (primary N) is 1. The summed E-state index contributed by atoms with van der Waals surface area (Å²) in [6.07, 6.45) is 0. The van der Waals surface area contributed by atoms with Crippen molar-refractivity contribution in [1.82, 2.24) is 9.78 Å². The molecule has 2 N–H and O–H groups in total. The molecular formula is C12H13ClFN3.